The molecule has 4 fully saturated rings. The van der Waals surface area contributed by atoms with Gasteiger partial charge in [-0.15, -0.1) is 0 Å². The van der Waals surface area contributed by atoms with Gasteiger partial charge in [-0.2, -0.15) is 0 Å². The molecule has 4 bridgehead atoms. The molecule has 0 aromatic heterocycles. The maximum atomic E-state index is 6.74. The fourth-order valence-corrected chi connectivity index (χ4v) is 5.80. The van der Waals surface area contributed by atoms with E-state index in [1.165, 1.54) is 43.2 Å². The van der Waals surface area contributed by atoms with Crippen LogP contribution in [0.1, 0.15) is 56.2 Å². The zero-order valence-corrected chi connectivity index (χ0v) is 12.6. The zero-order valence-electron chi connectivity index (χ0n) is 12.6. The summed E-state index contributed by atoms with van der Waals surface area (Å²) in [5.41, 5.74) is 9.57. The van der Waals surface area contributed by atoms with Crippen molar-refractivity contribution in [3.05, 3.63) is 35.4 Å². The Balaban J connectivity index is 1.60. The number of aryl methyl sites for hydroxylation is 1. The van der Waals surface area contributed by atoms with Crippen LogP contribution in [-0.2, 0) is 6.42 Å². The van der Waals surface area contributed by atoms with Gasteiger partial charge < -0.3 is 5.73 Å². The number of hydrogen-bond donors (Lipinski definition) is 1. The van der Waals surface area contributed by atoms with E-state index >= 15 is 0 Å². The topological polar surface area (TPSA) is 26.0 Å². The molecule has 5 rings (SSSR count). The van der Waals surface area contributed by atoms with Crippen molar-refractivity contribution in [1.29, 1.82) is 0 Å². The van der Waals surface area contributed by atoms with Gasteiger partial charge in [0.05, 0.1) is 0 Å². The molecular weight excluding hydrogens is 242 g/mol. The lowest BCUT2D eigenvalue weighted by Crippen LogP contribution is -2.48. The second-order valence-electron chi connectivity index (χ2n) is 7.63. The van der Waals surface area contributed by atoms with Crippen LogP contribution in [0.4, 0.5) is 0 Å². The summed E-state index contributed by atoms with van der Waals surface area (Å²) in [5.74, 6) is 4.69. The van der Waals surface area contributed by atoms with Crippen LogP contribution >= 0.6 is 0 Å². The Bertz CT molecular complexity index is 464. The number of rotatable bonds is 3. The Morgan fingerprint density at radius 2 is 1.70 bits per heavy atom. The third-order valence-corrected chi connectivity index (χ3v) is 6.46. The van der Waals surface area contributed by atoms with Gasteiger partial charge in [0.1, 0.15) is 0 Å². The summed E-state index contributed by atoms with van der Waals surface area (Å²) in [6.07, 6.45) is 8.53. The van der Waals surface area contributed by atoms with Crippen molar-refractivity contribution in [2.24, 2.45) is 35.3 Å². The lowest BCUT2D eigenvalue weighted by molar-refractivity contribution is -0.0471. The van der Waals surface area contributed by atoms with E-state index in [2.05, 4.69) is 31.2 Å². The fraction of sp³-hybridized carbons (Fsp3) is 0.684. The van der Waals surface area contributed by atoms with Crippen LogP contribution in [-0.4, -0.2) is 0 Å². The first-order valence-electron chi connectivity index (χ1n) is 8.59. The van der Waals surface area contributed by atoms with Crippen molar-refractivity contribution >= 4 is 0 Å². The van der Waals surface area contributed by atoms with Gasteiger partial charge in [0.2, 0.25) is 0 Å². The summed E-state index contributed by atoms with van der Waals surface area (Å²) in [6, 6.07) is 9.32. The average Bonchev–Trinajstić information content (AvgIpc) is 2.46. The Kier molecular flexibility index (Phi) is 3.14. The molecule has 108 valence electrons. The molecular formula is C19H27N. The van der Waals surface area contributed by atoms with E-state index in [4.69, 9.17) is 5.73 Å². The third-order valence-electron chi connectivity index (χ3n) is 6.46. The number of hydrogen-bond acceptors (Lipinski definition) is 1. The first-order chi connectivity index (χ1) is 9.74. The van der Waals surface area contributed by atoms with Crippen LogP contribution in [0.2, 0.25) is 0 Å². The largest absolute Gasteiger partial charge is 0.324 e. The molecule has 0 amide bonds. The van der Waals surface area contributed by atoms with Gasteiger partial charge in [-0.25, -0.2) is 0 Å². The molecule has 0 radical (unpaired) electrons. The number of nitrogens with two attached hydrogens (primary N) is 1. The van der Waals surface area contributed by atoms with Gasteiger partial charge in [-0.1, -0.05) is 31.2 Å². The lowest BCUT2D eigenvalue weighted by Gasteiger charge is -2.56. The zero-order chi connectivity index (χ0) is 13.7. The molecule has 1 aromatic carbocycles. The minimum atomic E-state index is 0.275. The van der Waals surface area contributed by atoms with Gasteiger partial charge >= 0.3 is 0 Å². The molecule has 0 heterocycles. The molecule has 1 atom stereocenters. The van der Waals surface area contributed by atoms with E-state index in [1.54, 1.807) is 0 Å². The van der Waals surface area contributed by atoms with Crippen LogP contribution in [0.5, 0.6) is 0 Å². The highest BCUT2D eigenvalue weighted by atomic mass is 14.7. The SMILES string of the molecule is CCc1cccc(C(N)C2C3CC4CC(C3)CC2C4)c1. The van der Waals surface area contributed by atoms with Crippen molar-refractivity contribution < 1.29 is 0 Å². The van der Waals surface area contributed by atoms with Crippen molar-refractivity contribution in [3.63, 3.8) is 0 Å². The van der Waals surface area contributed by atoms with E-state index in [0.29, 0.717) is 0 Å². The van der Waals surface area contributed by atoms with Gasteiger partial charge in [0, 0.05) is 6.04 Å². The molecule has 4 aliphatic rings. The Morgan fingerprint density at radius 3 is 2.30 bits per heavy atom. The standard InChI is InChI=1S/C19H27N/c1-2-12-4-3-5-15(7-12)19(20)18-16-8-13-6-14(10-16)11-17(18)9-13/h3-5,7,13-14,16-19H,2,6,8-11,20H2,1H3. The van der Waals surface area contributed by atoms with Crippen LogP contribution in [0, 0.1) is 29.6 Å². The smallest absolute Gasteiger partial charge is 0.0328 e. The Labute approximate surface area is 122 Å². The van der Waals surface area contributed by atoms with E-state index in [1.807, 2.05) is 0 Å². The van der Waals surface area contributed by atoms with Crippen LogP contribution in [0.3, 0.4) is 0 Å². The maximum Gasteiger partial charge on any atom is 0.0328 e. The molecule has 1 nitrogen and oxygen atoms in total. The molecule has 1 unspecified atom stereocenters. The van der Waals surface area contributed by atoms with Crippen molar-refractivity contribution in [3.8, 4) is 0 Å². The maximum absolute atomic E-state index is 6.74. The Morgan fingerprint density at radius 1 is 1.05 bits per heavy atom. The summed E-state index contributed by atoms with van der Waals surface area (Å²) in [7, 11) is 0. The summed E-state index contributed by atoms with van der Waals surface area (Å²) in [5, 5.41) is 0. The summed E-state index contributed by atoms with van der Waals surface area (Å²) in [6.45, 7) is 2.23. The van der Waals surface area contributed by atoms with Gasteiger partial charge in [0.15, 0.2) is 0 Å². The van der Waals surface area contributed by atoms with E-state index in [9.17, 15) is 0 Å². The second-order valence-corrected chi connectivity index (χ2v) is 7.63. The summed E-state index contributed by atoms with van der Waals surface area (Å²) in [4.78, 5) is 0. The van der Waals surface area contributed by atoms with Crippen LogP contribution in [0.15, 0.2) is 24.3 Å². The van der Waals surface area contributed by atoms with Crippen molar-refractivity contribution in [2.75, 3.05) is 0 Å². The highest BCUT2D eigenvalue weighted by molar-refractivity contribution is 5.27. The molecule has 20 heavy (non-hydrogen) atoms. The van der Waals surface area contributed by atoms with Crippen LogP contribution < -0.4 is 5.73 Å². The molecule has 4 saturated carbocycles. The summed E-state index contributed by atoms with van der Waals surface area (Å²) >= 11 is 0. The lowest BCUT2D eigenvalue weighted by atomic mass is 9.50. The van der Waals surface area contributed by atoms with E-state index in [-0.39, 0.29) is 6.04 Å². The molecule has 1 heteroatoms. The Hall–Kier alpha value is -0.820. The first-order valence-corrected chi connectivity index (χ1v) is 8.59. The predicted octanol–water partition coefficient (Wildman–Crippen LogP) is 4.32. The molecule has 0 spiro atoms. The van der Waals surface area contributed by atoms with Crippen LogP contribution in [0.25, 0.3) is 0 Å². The molecule has 0 aliphatic heterocycles. The minimum Gasteiger partial charge on any atom is -0.324 e. The van der Waals surface area contributed by atoms with Gasteiger partial charge in [-0.3, -0.25) is 0 Å². The first kappa shape index (κ1) is 12.9. The second kappa shape index (κ2) is 4.87. The average molecular weight is 269 g/mol. The van der Waals surface area contributed by atoms with Gasteiger partial charge in [0.25, 0.3) is 0 Å². The molecule has 4 aliphatic carbocycles. The predicted molar refractivity (Wildman–Crippen MR) is 83.3 cm³/mol. The van der Waals surface area contributed by atoms with Crippen molar-refractivity contribution in [1.82, 2.24) is 0 Å². The minimum absolute atomic E-state index is 0.275. The van der Waals surface area contributed by atoms with Crippen molar-refractivity contribution in [2.45, 2.75) is 51.5 Å². The van der Waals surface area contributed by atoms with E-state index < -0.39 is 0 Å². The highest BCUT2D eigenvalue weighted by Gasteiger charge is 2.49. The molecule has 0 saturated heterocycles. The number of benzene rings is 1. The van der Waals surface area contributed by atoms with Gasteiger partial charge in [-0.05, 0) is 79.2 Å². The third kappa shape index (κ3) is 2.02. The monoisotopic (exact) mass is 269 g/mol. The molecule has 2 N–H and O–H groups in total. The highest BCUT2D eigenvalue weighted by Crippen LogP contribution is 2.58. The quantitative estimate of drug-likeness (QED) is 0.869. The molecule has 1 aromatic rings. The summed E-state index contributed by atoms with van der Waals surface area (Å²) < 4.78 is 0. The normalized spacial score (nSPS) is 40.0. The fourth-order valence-electron chi connectivity index (χ4n) is 5.80. The van der Waals surface area contributed by atoms with E-state index in [0.717, 1.165) is 36.0 Å².